The van der Waals surface area contributed by atoms with E-state index >= 15 is 0 Å². The van der Waals surface area contributed by atoms with E-state index in [9.17, 15) is 10.1 Å². The van der Waals surface area contributed by atoms with Gasteiger partial charge in [0.2, 0.25) is 0 Å². The van der Waals surface area contributed by atoms with Gasteiger partial charge in [-0.3, -0.25) is 4.79 Å². The Balaban J connectivity index is 1.45. The van der Waals surface area contributed by atoms with Crippen LogP contribution in [0.15, 0.2) is 84.4 Å². The van der Waals surface area contributed by atoms with Crippen molar-refractivity contribution in [1.82, 2.24) is 0 Å². The molecule has 0 radical (unpaired) electrons. The molecule has 1 amide bonds. The first-order chi connectivity index (χ1) is 16.4. The Morgan fingerprint density at radius 3 is 2.50 bits per heavy atom. The predicted octanol–water partition coefficient (Wildman–Crippen LogP) is 7.88. The van der Waals surface area contributed by atoms with E-state index < -0.39 is 5.91 Å². The predicted molar refractivity (Wildman–Crippen MR) is 146 cm³/mol. The second kappa shape index (κ2) is 10.9. The molecule has 4 rings (SSSR count). The van der Waals surface area contributed by atoms with Crippen molar-refractivity contribution in [3.05, 3.63) is 109 Å². The van der Waals surface area contributed by atoms with Crippen LogP contribution in [0.3, 0.4) is 0 Å². The summed E-state index contributed by atoms with van der Waals surface area (Å²) in [6.07, 6.45) is 1.53. The summed E-state index contributed by atoms with van der Waals surface area (Å²) in [5.74, 6) is 0.192. The maximum Gasteiger partial charge on any atom is 0.266 e. The van der Waals surface area contributed by atoms with Crippen LogP contribution in [0.4, 0.5) is 5.69 Å². The van der Waals surface area contributed by atoms with E-state index in [2.05, 4.69) is 58.2 Å². The average Bonchev–Trinajstić information content (AvgIpc) is 2.84. The number of carbonyl (C=O) groups excluding carboxylic acids is 1. The highest BCUT2D eigenvalue weighted by Gasteiger charge is 2.11. The summed E-state index contributed by atoms with van der Waals surface area (Å²) < 4.78 is 6.88. The zero-order valence-corrected chi connectivity index (χ0v) is 21.4. The summed E-state index contributed by atoms with van der Waals surface area (Å²) in [4.78, 5) is 12.5. The number of nitrogens with zero attached hydrogens (tertiary/aromatic N) is 1. The molecule has 4 aromatic rings. The minimum Gasteiger partial charge on any atom is -0.488 e. The lowest BCUT2D eigenvalue weighted by Gasteiger charge is -2.10. The molecule has 0 bridgehead atoms. The average molecular weight is 599 g/mol. The third-order valence-electron chi connectivity index (χ3n) is 5.02. The minimum atomic E-state index is -0.535. The molecular weight excluding hydrogens is 582 g/mol. The molecule has 0 heterocycles. The number of fused-ring (bicyclic) bond motifs is 1. The van der Waals surface area contributed by atoms with Crippen LogP contribution < -0.4 is 10.1 Å². The largest absolute Gasteiger partial charge is 0.488 e. The van der Waals surface area contributed by atoms with Crippen molar-refractivity contribution in [3.8, 4) is 11.8 Å². The number of carbonyl (C=O) groups is 1. The molecule has 0 unspecified atom stereocenters. The van der Waals surface area contributed by atoms with Gasteiger partial charge in [-0.15, -0.1) is 0 Å². The molecule has 0 fully saturated rings. The van der Waals surface area contributed by atoms with Crippen molar-refractivity contribution in [2.75, 3.05) is 5.32 Å². The Kier molecular flexibility index (Phi) is 7.73. The molecule has 0 aliphatic rings. The van der Waals surface area contributed by atoms with Crippen LogP contribution in [0.2, 0.25) is 10.0 Å². The number of rotatable bonds is 6. The second-order valence-electron chi connectivity index (χ2n) is 7.41. The van der Waals surface area contributed by atoms with Crippen molar-refractivity contribution < 1.29 is 9.53 Å². The molecule has 0 saturated carbocycles. The van der Waals surface area contributed by atoms with E-state index in [1.165, 1.54) is 22.9 Å². The number of halogens is 3. The molecule has 168 valence electrons. The molecule has 0 aliphatic carbocycles. The highest BCUT2D eigenvalue weighted by atomic mass is 127. The molecule has 0 spiro atoms. The Hall–Kier alpha value is -3.05. The first-order valence-corrected chi connectivity index (χ1v) is 12.0. The zero-order valence-electron chi connectivity index (χ0n) is 17.7. The number of benzene rings is 4. The van der Waals surface area contributed by atoms with Gasteiger partial charge < -0.3 is 10.1 Å². The van der Waals surface area contributed by atoms with Crippen LogP contribution in [0.1, 0.15) is 11.1 Å². The SMILES string of the molecule is N#C/C(=C\c1ccc(OCc2ccc3ccccc3c2)c(I)c1)C(=O)Nc1ccc(Cl)c(Cl)c1. The van der Waals surface area contributed by atoms with Gasteiger partial charge in [0.05, 0.1) is 13.6 Å². The molecule has 0 aliphatic heterocycles. The second-order valence-corrected chi connectivity index (χ2v) is 9.39. The molecule has 0 atom stereocenters. The topological polar surface area (TPSA) is 62.1 Å². The molecule has 4 aromatic carbocycles. The number of nitrogens with one attached hydrogen (secondary N) is 1. The third-order valence-corrected chi connectivity index (χ3v) is 6.60. The molecule has 1 N–H and O–H groups in total. The van der Waals surface area contributed by atoms with Crippen molar-refractivity contribution in [2.24, 2.45) is 0 Å². The lowest BCUT2D eigenvalue weighted by atomic mass is 10.1. The summed E-state index contributed by atoms with van der Waals surface area (Å²) >= 11 is 14.1. The lowest BCUT2D eigenvalue weighted by Crippen LogP contribution is -2.13. The highest BCUT2D eigenvalue weighted by Crippen LogP contribution is 2.27. The lowest BCUT2D eigenvalue weighted by molar-refractivity contribution is -0.112. The Morgan fingerprint density at radius 2 is 1.76 bits per heavy atom. The normalized spacial score (nSPS) is 11.2. The summed E-state index contributed by atoms with van der Waals surface area (Å²) in [7, 11) is 0. The van der Waals surface area contributed by atoms with Gasteiger partial charge in [0.25, 0.3) is 5.91 Å². The maximum atomic E-state index is 12.5. The van der Waals surface area contributed by atoms with Gasteiger partial charge in [-0.2, -0.15) is 5.26 Å². The molecule has 4 nitrogen and oxygen atoms in total. The molecule has 0 aromatic heterocycles. The summed E-state index contributed by atoms with van der Waals surface area (Å²) in [5.41, 5.74) is 2.20. The van der Waals surface area contributed by atoms with Crippen LogP contribution in [0.5, 0.6) is 5.75 Å². The quantitative estimate of drug-likeness (QED) is 0.139. The van der Waals surface area contributed by atoms with Crippen LogP contribution in [0, 0.1) is 14.9 Å². The van der Waals surface area contributed by atoms with E-state index in [0.29, 0.717) is 27.9 Å². The molecular formula is C27H17Cl2IN2O2. The number of hydrogen-bond acceptors (Lipinski definition) is 3. The van der Waals surface area contributed by atoms with Crippen LogP contribution >= 0.6 is 45.8 Å². The van der Waals surface area contributed by atoms with Crippen molar-refractivity contribution in [3.63, 3.8) is 0 Å². The zero-order chi connectivity index (χ0) is 24.1. The van der Waals surface area contributed by atoms with Gasteiger partial charge in [-0.1, -0.05) is 65.7 Å². The Morgan fingerprint density at radius 1 is 0.971 bits per heavy atom. The van der Waals surface area contributed by atoms with Gasteiger partial charge in [-0.25, -0.2) is 0 Å². The van der Waals surface area contributed by atoms with Gasteiger partial charge in [-0.05, 0) is 87.0 Å². The Labute approximate surface area is 220 Å². The van der Waals surface area contributed by atoms with Crippen molar-refractivity contribution in [2.45, 2.75) is 6.61 Å². The number of ether oxygens (including phenoxy) is 1. The fourth-order valence-corrected chi connectivity index (χ4v) is 4.29. The maximum absolute atomic E-state index is 12.5. The third kappa shape index (κ3) is 5.89. The molecule has 7 heteroatoms. The number of nitriles is 1. The van der Waals surface area contributed by atoms with Gasteiger partial charge in [0, 0.05) is 5.69 Å². The van der Waals surface area contributed by atoms with Gasteiger partial charge in [0.15, 0.2) is 0 Å². The number of anilines is 1. The van der Waals surface area contributed by atoms with Gasteiger partial charge in [0.1, 0.15) is 24.0 Å². The smallest absolute Gasteiger partial charge is 0.266 e. The Bertz CT molecular complexity index is 1460. The van der Waals surface area contributed by atoms with Crippen molar-refractivity contribution >= 4 is 74.2 Å². The fraction of sp³-hybridized carbons (Fsp3) is 0.0370. The molecule has 34 heavy (non-hydrogen) atoms. The monoisotopic (exact) mass is 598 g/mol. The number of amides is 1. The van der Waals surface area contributed by atoms with E-state index in [1.54, 1.807) is 12.1 Å². The summed E-state index contributed by atoms with van der Waals surface area (Å²) in [6.45, 7) is 0.436. The summed E-state index contributed by atoms with van der Waals surface area (Å²) in [5, 5.41) is 15.2. The molecule has 0 saturated heterocycles. The van der Waals surface area contributed by atoms with E-state index in [0.717, 1.165) is 14.9 Å². The van der Waals surface area contributed by atoms with E-state index in [4.69, 9.17) is 27.9 Å². The summed E-state index contributed by atoms with van der Waals surface area (Å²) in [6, 6.07) is 26.6. The van der Waals surface area contributed by atoms with Crippen LogP contribution in [-0.2, 0) is 11.4 Å². The first-order valence-electron chi connectivity index (χ1n) is 10.2. The van der Waals surface area contributed by atoms with Crippen LogP contribution in [0.25, 0.3) is 16.8 Å². The number of hydrogen-bond donors (Lipinski definition) is 1. The fourth-order valence-electron chi connectivity index (χ4n) is 3.30. The first kappa shape index (κ1) is 24.1. The van der Waals surface area contributed by atoms with Crippen molar-refractivity contribution in [1.29, 1.82) is 5.26 Å². The standard InChI is InChI=1S/C27H17Cl2IN2O2/c28-23-9-8-22(14-24(23)29)32-27(33)21(15-31)11-17-6-10-26(25(30)13-17)34-16-18-5-7-19-3-1-2-4-20(19)12-18/h1-14H,16H2,(H,32,33)/b21-11+. The van der Waals surface area contributed by atoms with Crippen LogP contribution in [-0.4, -0.2) is 5.91 Å². The highest BCUT2D eigenvalue weighted by molar-refractivity contribution is 14.1. The van der Waals surface area contributed by atoms with E-state index in [-0.39, 0.29) is 5.57 Å². The minimum absolute atomic E-state index is 0.0355. The van der Waals surface area contributed by atoms with E-state index in [1.807, 2.05) is 36.4 Å². The van der Waals surface area contributed by atoms with Gasteiger partial charge >= 0.3 is 0 Å².